The zero-order valence-electron chi connectivity index (χ0n) is 7.19. The van der Waals surface area contributed by atoms with Gasteiger partial charge < -0.3 is 15.5 Å². The van der Waals surface area contributed by atoms with Gasteiger partial charge in [0.15, 0.2) is 0 Å². The van der Waals surface area contributed by atoms with Crippen molar-refractivity contribution in [3.63, 3.8) is 0 Å². The molecule has 0 bridgehead atoms. The molecule has 0 aromatic heterocycles. The molecule has 1 atom stereocenters. The summed E-state index contributed by atoms with van der Waals surface area (Å²) in [6, 6.07) is -0.811. The topological polar surface area (TPSA) is 86.6 Å². The van der Waals surface area contributed by atoms with Crippen LogP contribution in [0.25, 0.3) is 0 Å². The second-order valence-electron chi connectivity index (χ2n) is 2.52. The number of carbonyl (C=O) groups is 2. The molecule has 3 N–H and O–H groups in total. The average Bonchev–Trinajstić information content (AvgIpc) is 2.03. The molecule has 0 aliphatic carbocycles. The Bertz CT molecular complexity index is 202. The third-order valence-electron chi connectivity index (χ3n) is 1.45. The van der Waals surface area contributed by atoms with Crippen LogP contribution in [0.1, 0.15) is 12.8 Å². The van der Waals surface area contributed by atoms with Crippen LogP contribution < -0.4 is 5.32 Å². The van der Waals surface area contributed by atoms with Crippen molar-refractivity contribution in [1.29, 1.82) is 0 Å². The molecule has 5 nitrogen and oxygen atoms in total. The zero-order chi connectivity index (χ0) is 10.3. The van der Waals surface area contributed by atoms with Crippen molar-refractivity contribution >= 4 is 11.9 Å². The predicted molar refractivity (Wildman–Crippen MR) is 46.5 cm³/mol. The standard InChI is InChI=1S/C8H13NO4/c1-2-5-9-6(8(12)13)3-4-7(10)11/h2,6,9H,1,3-5H2,(H,10,11)(H,12,13)/t6-/m0/s1. The normalized spacial score (nSPS) is 12.0. The molecule has 0 amide bonds. The van der Waals surface area contributed by atoms with E-state index in [9.17, 15) is 9.59 Å². The maximum atomic E-state index is 10.5. The summed E-state index contributed by atoms with van der Waals surface area (Å²) in [5.74, 6) is -2.03. The molecular formula is C8H13NO4. The van der Waals surface area contributed by atoms with E-state index in [0.717, 1.165) is 0 Å². The van der Waals surface area contributed by atoms with Gasteiger partial charge in [-0.15, -0.1) is 6.58 Å². The lowest BCUT2D eigenvalue weighted by Gasteiger charge is -2.10. The zero-order valence-corrected chi connectivity index (χ0v) is 7.19. The number of hydrogen-bond donors (Lipinski definition) is 3. The fourth-order valence-electron chi connectivity index (χ4n) is 0.806. The van der Waals surface area contributed by atoms with Crippen LogP contribution in [-0.4, -0.2) is 34.7 Å². The highest BCUT2D eigenvalue weighted by Crippen LogP contribution is 1.97. The maximum Gasteiger partial charge on any atom is 0.320 e. The summed E-state index contributed by atoms with van der Waals surface area (Å²) in [5.41, 5.74) is 0. The summed E-state index contributed by atoms with van der Waals surface area (Å²) in [7, 11) is 0. The van der Waals surface area contributed by atoms with Gasteiger partial charge in [-0.2, -0.15) is 0 Å². The van der Waals surface area contributed by atoms with Gasteiger partial charge in [0, 0.05) is 13.0 Å². The fourth-order valence-corrected chi connectivity index (χ4v) is 0.806. The van der Waals surface area contributed by atoms with Crippen molar-refractivity contribution in [2.45, 2.75) is 18.9 Å². The SMILES string of the molecule is C=CCN[C@@H](CCC(=O)O)C(=O)O. The van der Waals surface area contributed by atoms with E-state index in [1.165, 1.54) is 6.08 Å². The largest absolute Gasteiger partial charge is 0.481 e. The Hall–Kier alpha value is -1.36. The highest BCUT2D eigenvalue weighted by Gasteiger charge is 2.16. The molecule has 74 valence electrons. The Labute approximate surface area is 76.1 Å². The lowest BCUT2D eigenvalue weighted by molar-refractivity contribution is -0.140. The Kier molecular flexibility index (Phi) is 5.54. The first-order valence-corrected chi connectivity index (χ1v) is 3.86. The first-order chi connectivity index (χ1) is 6.07. The van der Waals surface area contributed by atoms with Gasteiger partial charge in [-0.1, -0.05) is 6.08 Å². The monoisotopic (exact) mass is 187 g/mol. The van der Waals surface area contributed by atoms with Gasteiger partial charge in [0.1, 0.15) is 6.04 Å². The van der Waals surface area contributed by atoms with Gasteiger partial charge >= 0.3 is 11.9 Å². The Morgan fingerprint density at radius 1 is 1.46 bits per heavy atom. The highest BCUT2D eigenvalue weighted by molar-refractivity contribution is 5.75. The van der Waals surface area contributed by atoms with E-state index in [1.54, 1.807) is 0 Å². The van der Waals surface area contributed by atoms with Gasteiger partial charge in [0.25, 0.3) is 0 Å². The summed E-state index contributed by atoms with van der Waals surface area (Å²) in [6.45, 7) is 3.77. The number of aliphatic carboxylic acids is 2. The lowest BCUT2D eigenvalue weighted by Crippen LogP contribution is -2.37. The Morgan fingerprint density at radius 2 is 2.08 bits per heavy atom. The molecule has 0 fully saturated rings. The molecule has 0 aromatic carbocycles. The van der Waals surface area contributed by atoms with Crippen LogP contribution in [-0.2, 0) is 9.59 Å². The minimum Gasteiger partial charge on any atom is -0.481 e. The molecular weight excluding hydrogens is 174 g/mol. The van der Waals surface area contributed by atoms with Crippen molar-refractivity contribution in [2.75, 3.05) is 6.54 Å². The third kappa shape index (κ3) is 5.86. The summed E-state index contributed by atoms with van der Waals surface area (Å²) in [5, 5.41) is 19.6. The van der Waals surface area contributed by atoms with E-state index >= 15 is 0 Å². The Balaban J connectivity index is 3.87. The fraction of sp³-hybridized carbons (Fsp3) is 0.500. The molecule has 0 aliphatic heterocycles. The molecule has 0 radical (unpaired) electrons. The molecule has 5 heteroatoms. The molecule has 0 saturated carbocycles. The number of carboxylic acids is 2. The molecule has 0 aromatic rings. The van der Waals surface area contributed by atoms with E-state index < -0.39 is 18.0 Å². The van der Waals surface area contributed by atoms with E-state index in [2.05, 4.69) is 11.9 Å². The second kappa shape index (κ2) is 6.19. The lowest BCUT2D eigenvalue weighted by atomic mass is 10.1. The average molecular weight is 187 g/mol. The minimum absolute atomic E-state index is 0.0819. The van der Waals surface area contributed by atoms with Gasteiger partial charge in [0.2, 0.25) is 0 Å². The number of nitrogens with one attached hydrogen (secondary N) is 1. The van der Waals surface area contributed by atoms with Gasteiger partial charge in [-0.25, -0.2) is 0 Å². The van der Waals surface area contributed by atoms with Crippen LogP contribution >= 0.6 is 0 Å². The molecule has 13 heavy (non-hydrogen) atoms. The third-order valence-corrected chi connectivity index (χ3v) is 1.45. The highest BCUT2D eigenvalue weighted by atomic mass is 16.4. The minimum atomic E-state index is -1.04. The van der Waals surface area contributed by atoms with Crippen LogP contribution in [0.15, 0.2) is 12.7 Å². The molecule has 0 aliphatic rings. The van der Waals surface area contributed by atoms with Crippen molar-refractivity contribution in [2.24, 2.45) is 0 Å². The van der Waals surface area contributed by atoms with E-state index in [0.29, 0.717) is 6.54 Å². The van der Waals surface area contributed by atoms with Crippen LogP contribution in [0.2, 0.25) is 0 Å². The van der Waals surface area contributed by atoms with Crippen molar-refractivity contribution in [1.82, 2.24) is 5.32 Å². The molecule has 0 rings (SSSR count). The first-order valence-electron chi connectivity index (χ1n) is 3.86. The summed E-state index contributed by atoms with van der Waals surface area (Å²) in [4.78, 5) is 20.7. The maximum absolute atomic E-state index is 10.5. The first kappa shape index (κ1) is 11.6. The van der Waals surface area contributed by atoms with Crippen LogP contribution in [0, 0.1) is 0 Å². The van der Waals surface area contributed by atoms with E-state index in [-0.39, 0.29) is 12.8 Å². The molecule has 0 saturated heterocycles. The summed E-state index contributed by atoms with van der Waals surface area (Å²) in [6.07, 6.45) is 1.45. The van der Waals surface area contributed by atoms with Crippen molar-refractivity contribution in [3.8, 4) is 0 Å². The van der Waals surface area contributed by atoms with E-state index in [4.69, 9.17) is 10.2 Å². The van der Waals surface area contributed by atoms with Crippen molar-refractivity contribution < 1.29 is 19.8 Å². The molecule has 0 spiro atoms. The summed E-state index contributed by atoms with van der Waals surface area (Å²) >= 11 is 0. The van der Waals surface area contributed by atoms with Gasteiger partial charge in [0.05, 0.1) is 0 Å². The van der Waals surface area contributed by atoms with E-state index in [1.807, 2.05) is 0 Å². The van der Waals surface area contributed by atoms with Crippen LogP contribution in [0.3, 0.4) is 0 Å². The predicted octanol–water partition coefficient (Wildman–Crippen LogP) is 0.0800. The Morgan fingerprint density at radius 3 is 2.46 bits per heavy atom. The van der Waals surface area contributed by atoms with Crippen LogP contribution in [0.5, 0.6) is 0 Å². The number of rotatable bonds is 7. The van der Waals surface area contributed by atoms with Crippen LogP contribution in [0.4, 0.5) is 0 Å². The molecule has 0 heterocycles. The summed E-state index contributed by atoms with van der Waals surface area (Å²) < 4.78 is 0. The smallest absolute Gasteiger partial charge is 0.320 e. The quantitative estimate of drug-likeness (QED) is 0.491. The molecule has 0 unspecified atom stereocenters. The van der Waals surface area contributed by atoms with Gasteiger partial charge in [-0.3, -0.25) is 9.59 Å². The van der Waals surface area contributed by atoms with Crippen molar-refractivity contribution in [3.05, 3.63) is 12.7 Å². The number of hydrogen-bond acceptors (Lipinski definition) is 3. The van der Waals surface area contributed by atoms with Gasteiger partial charge in [-0.05, 0) is 6.42 Å². The number of carboxylic acid groups (broad SMARTS) is 2. The second-order valence-corrected chi connectivity index (χ2v) is 2.52.